The largest absolute Gasteiger partial charge is 0.461 e. The summed E-state index contributed by atoms with van der Waals surface area (Å²) in [4.78, 5) is 0. The van der Waals surface area contributed by atoms with Gasteiger partial charge in [0.15, 0.2) is 0 Å². The molecule has 1 unspecified atom stereocenters. The molecule has 0 radical (unpaired) electrons. The molecule has 0 spiro atoms. The van der Waals surface area contributed by atoms with Gasteiger partial charge in [-0.15, -0.1) is 0 Å². The van der Waals surface area contributed by atoms with Crippen LogP contribution in [0.15, 0.2) is 34.6 Å². The molecule has 0 aromatic heterocycles. The fourth-order valence-electron chi connectivity index (χ4n) is 2.71. The number of allylic oxidation sites excluding steroid dienone is 5. The minimum atomic E-state index is -4.00. The summed E-state index contributed by atoms with van der Waals surface area (Å²) in [6, 6.07) is 0. The van der Waals surface area contributed by atoms with Crippen LogP contribution < -0.4 is 5.14 Å². The van der Waals surface area contributed by atoms with Crippen LogP contribution in [0.4, 0.5) is 0 Å². The Labute approximate surface area is 155 Å². The molecule has 1 rings (SSSR count). The maximum Gasteiger partial charge on any atom is 0.333 e. The predicted octanol–water partition coefficient (Wildman–Crippen LogP) is 3.89. The van der Waals surface area contributed by atoms with Gasteiger partial charge >= 0.3 is 10.3 Å². The number of hydrogen-bond donors (Lipinski definition) is 1. The summed E-state index contributed by atoms with van der Waals surface area (Å²) < 4.78 is 38.8. The second-order valence-corrected chi connectivity index (χ2v) is 7.70. The average molecular weight is 394 g/mol. The Bertz CT molecular complexity index is 633. The van der Waals surface area contributed by atoms with E-state index in [0.29, 0.717) is 23.6 Å². The molecule has 2 N–H and O–H groups in total. The van der Waals surface area contributed by atoms with Crippen LogP contribution in [0.25, 0.3) is 0 Å². The Kier molecular flexibility index (Phi) is 8.63. The summed E-state index contributed by atoms with van der Waals surface area (Å²) >= 11 is 6.33. The molecule has 25 heavy (non-hydrogen) atoms. The third-order valence-corrected chi connectivity index (χ3v) is 4.64. The summed E-state index contributed by atoms with van der Waals surface area (Å²) in [7, 11) is -4.00. The van der Waals surface area contributed by atoms with Crippen LogP contribution in [0, 0.1) is 0 Å². The third-order valence-electron chi connectivity index (χ3n) is 3.78. The molecule has 144 valence electrons. The minimum Gasteiger partial charge on any atom is -0.461 e. The van der Waals surface area contributed by atoms with Crippen molar-refractivity contribution in [3.05, 3.63) is 34.6 Å². The highest BCUT2D eigenvalue weighted by Crippen LogP contribution is 2.39. The van der Waals surface area contributed by atoms with Gasteiger partial charge in [-0.2, -0.15) is 8.42 Å². The SMILES string of the molecule is C\C=C/C(C)=C(OC1(OC(C)COS(N)(=O)=O)CCCC1)\C(Cl)=C/C. The Balaban J connectivity index is 2.98. The molecule has 0 aliphatic heterocycles. The first-order valence-corrected chi connectivity index (χ1v) is 10.2. The van der Waals surface area contributed by atoms with E-state index in [2.05, 4.69) is 4.18 Å². The lowest BCUT2D eigenvalue weighted by molar-refractivity contribution is -0.234. The van der Waals surface area contributed by atoms with Gasteiger partial charge in [-0.05, 0) is 46.1 Å². The van der Waals surface area contributed by atoms with E-state index in [-0.39, 0.29) is 6.61 Å². The second kappa shape index (κ2) is 9.73. The standard InChI is InChI=1S/C17H28ClNO5S/c1-5-9-13(3)16(15(18)6-2)24-17(10-7-8-11-17)23-14(4)12-22-25(19,20)21/h5-6,9,14H,7-8,10-12H2,1-4H3,(H2,19,20,21)/b9-5-,15-6+,16-13+. The molecule has 8 heteroatoms. The molecule has 1 aliphatic rings. The molecule has 0 heterocycles. The average Bonchev–Trinajstić information content (AvgIpc) is 2.98. The number of rotatable bonds is 9. The first kappa shape index (κ1) is 22.2. The highest BCUT2D eigenvalue weighted by atomic mass is 35.5. The van der Waals surface area contributed by atoms with Crippen molar-refractivity contribution in [1.29, 1.82) is 0 Å². The smallest absolute Gasteiger partial charge is 0.333 e. The molecule has 0 aromatic rings. The van der Waals surface area contributed by atoms with Crippen molar-refractivity contribution in [1.82, 2.24) is 0 Å². The van der Waals surface area contributed by atoms with Gasteiger partial charge in [0.05, 0.1) is 17.7 Å². The number of halogens is 1. The van der Waals surface area contributed by atoms with Gasteiger partial charge < -0.3 is 9.47 Å². The van der Waals surface area contributed by atoms with Crippen LogP contribution >= 0.6 is 11.6 Å². The molecule has 0 bridgehead atoms. The van der Waals surface area contributed by atoms with E-state index in [1.807, 2.05) is 32.9 Å². The van der Waals surface area contributed by atoms with Crippen molar-refractivity contribution in [3.63, 3.8) is 0 Å². The van der Waals surface area contributed by atoms with Crippen molar-refractivity contribution in [3.8, 4) is 0 Å². The third kappa shape index (κ3) is 7.50. The monoisotopic (exact) mass is 393 g/mol. The van der Waals surface area contributed by atoms with E-state index < -0.39 is 22.2 Å². The van der Waals surface area contributed by atoms with Gasteiger partial charge in [0, 0.05) is 12.8 Å². The fraction of sp³-hybridized carbons (Fsp3) is 0.647. The summed E-state index contributed by atoms with van der Waals surface area (Å²) in [5, 5.41) is 5.36. The number of hydrogen-bond acceptors (Lipinski definition) is 5. The zero-order chi connectivity index (χ0) is 19.1. The van der Waals surface area contributed by atoms with Gasteiger partial charge in [-0.3, -0.25) is 4.18 Å². The van der Waals surface area contributed by atoms with Crippen molar-refractivity contribution < 1.29 is 22.1 Å². The van der Waals surface area contributed by atoms with Gasteiger partial charge in [0.1, 0.15) is 5.76 Å². The number of ether oxygens (including phenoxy) is 2. The topological polar surface area (TPSA) is 87.8 Å². The molecule has 1 saturated carbocycles. The van der Waals surface area contributed by atoms with E-state index in [4.69, 9.17) is 26.2 Å². The Morgan fingerprint density at radius 1 is 1.32 bits per heavy atom. The van der Waals surface area contributed by atoms with Crippen molar-refractivity contribution in [2.45, 2.75) is 65.3 Å². The van der Waals surface area contributed by atoms with Crippen LogP contribution in [0.1, 0.15) is 53.4 Å². The maximum atomic E-state index is 10.9. The lowest BCUT2D eigenvalue weighted by Gasteiger charge is -2.34. The van der Waals surface area contributed by atoms with E-state index in [9.17, 15) is 8.42 Å². The molecule has 6 nitrogen and oxygen atoms in total. The van der Waals surface area contributed by atoms with Gasteiger partial charge in [0.2, 0.25) is 5.79 Å². The molecule has 1 fully saturated rings. The molecule has 1 aliphatic carbocycles. The van der Waals surface area contributed by atoms with Crippen molar-refractivity contribution in [2.75, 3.05) is 6.61 Å². The van der Waals surface area contributed by atoms with E-state index in [1.54, 1.807) is 13.0 Å². The van der Waals surface area contributed by atoms with Crippen molar-refractivity contribution >= 4 is 21.9 Å². The normalized spacial score (nSPS) is 20.6. The molecular weight excluding hydrogens is 366 g/mol. The molecule has 0 saturated heterocycles. The highest BCUT2D eigenvalue weighted by molar-refractivity contribution is 7.84. The Hall–Kier alpha value is -0.860. The lowest BCUT2D eigenvalue weighted by Crippen LogP contribution is -2.38. The summed E-state index contributed by atoms with van der Waals surface area (Å²) in [6.07, 6.45) is 8.35. The zero-order valence-corrected chi connectivity index (χ0v) is 16.8. The van der Waals surface area contributed by atoms with Crippen LogP contribution in [-0.4, -0.2) is 26.9 Å². The molecule has 1 atom stereocenters. The summed E-state index contributed by atoms with van der Waals surface area (Å²) in [5.74, 6) is -0.300. The van der Waals surface area contributed by atoms with E-state index in [0.717, 1.165) is 18.4 Å². The maximum absolute atomic E-state index is 10.9. The van der Waals surface area contributed by atoms with Crippen LogP contribution in [0.2, 0.25) is 0 Å². The summed E-state index contributed by atoms with van der Waals surface area (Å²) in [5.41, 5.74) is 0.883. The zero-order valence-electron chi connectivity index (χ0n) is 15.2. The van der Waals surface area contributed by atoms with E-state index >= 15 is 0 Å². The van der Waals surface area contributed by atoms with Crippen LogP contribution in [0.5, 0.6) is 0 Å². The predicted molar refractivity (Wildman–Crippen MR) is 99.0 cm³/mol. The van der Waals surface area contributed by atoms with Crippen LogP contribution in [0.3, 0.4) is 0 Å². The fourth-order valence-corrected chi connectivity index (χ4v) is 3.28. The van der Waals surface area contributed by atoms with Gasteiger partial charge in [-0.25, -0.2) is 5.14 Å². The second-order valence-electron chi connectivity index (χ2n) is 6.07. The van der Waals surface area contributed by atoms with Gasteiger partial charge in [-0.1, -0.05) is 29.8 Å². The Morgan fingerprint density at radius 3 is 2.40 bits per heavy atom. The van der Waals surface area contributed by atoms with Gasteiger partial charge in [0.25, 0.3) is 0 Å². The molecule has 0 amide bonds. The molecule has 0 aromatic carbocycles. The first-order valence-electron chi connectivity index (χ1n) is 8.32. The number of nitrogens with two attached hydrogens (primary N) is 1. The summed E-state index contributed by atoms with van der Waals surface area (Å²) in [6.45, 7) is 7.21. The van der Waals surface area contributed by atoms with E-state index in [1.165, 1.54) is 0 Å². The van der Waals surface area contributed by atoms with Crippen molar-refractivity contribution in [2.24, 2.45) is 5.14 Å². The van der Waals surface area contributed by atoms with Crippen LogP contribution in [-0.2, 0) is 24.0 Å². The highest BCUT2D eigenvalue weighted by Gasteiger charge is 2.40. The lowest BCUT2D eigenvalue weighted by atomic mass is 10.2. The first-order chi connectivity index (χ1) is 11.6. The minimum absolute atomic E-state index is 0.172. The molecular formula is C17H28ClNO5S. The quantitative estimate of drug-likeness (QED) is 0.364. The Morgan fingerprint density at radius 2 is 1.92 bits per heavy atom.